The van der Waals surface area contributed by atoms with Crippen LogP contribution in [0.2, 0.25) is 0 Å². The van der Waals surface area contributed by atoms with Crippen molar-refractivity contribution in [3.63, 3.8) is 0 Å². The quantitative estimate of drug-likeness (QED) is 0.0471. The lowest BCUT2D eigenvalue weighted by atomic mass is 9.72. The Morgan fingerprint density at radius 2 is 0.599 bits per heavy atom. The average molecular weight is 1930 g/mol. The van der Waals surface area contributed by atoms with Crippen molar-refractivity contribution in [3.05, 3.63) is 502 Å². The molecule has 1 unspecified atom stereocenters. The summed E-state index contributed by atoms with van der Waals surface area (Å²) in [6.07, 6.45) is -14.1. The summed E-state index contributed by atoms with van der Waals surface area (Å²) < 4.78 is 107. The van der Waals surface area contributed by atoms with E-state index in [1.165, 1.54) is 24.3 Å². The molecule has 20 rings (SSSR count). The van der Waals surface area contributed by atoms with Crippen LogP contribution in [0.4, 0.5) is 37.7 Å². The molecule has 0 spiro atoms. The lowest BCUT2D eigenvalue weighted by molar-refractivity contribution is -0.288. The fourth-order valence-corrected chi connectivity index (χ4v) is 19.4. The van der Waals surface area contributed by atoms with E-state index in [1.54, 1.807) is 12.1 Å². The molecule has 9 nitrogen and oxygen atoms in total. The van der Waals surface area contributed by atoms with Crippen molar-refractivity contribution in [2.45, 2.75) is 82.8 Å². The molecule has 3 N–H and O–H groups in total. The Morgan fingerprint density at radius 1 is 0.286 bits per heavy atom. The first-order valence-electron chi connectivity index (χ1n) is 48.1. The van der Waals surface area contributed by atoms with Gasteiger partial charge in [0.15, 0.2) is 6.23 Å². The number of imide groups is 1. The minimum absolute atomic E-state index is 0.00353. The van der Waals surface area contributed by atoms with Crippen molar-refractivity contribution in [1.82, 2.24) is 0 Å². The number of nitrogens with zero attached hydrogens (tertiary/aromatic N) is 2. The minimum Gasteiger partial charge on any atom is -0.506 e. The smallest absolute Gasteiger partial charge is 0.411 e. The van der Waals surface area contributed by atoms with E-state index in [2.05, 4.69) is 159 Å². The average Bonchev–Trinajstić information content (AvgIpc) is 1.62. The van der Waals surface area contributed by atoms with Gasteiger partial charge in [0, 0.05) is 55.6 Å². The second kappa shape index (κ2) is 39.6. The van der Waals surface area contributed by atoms with Gasteiger partial charge in [0.05, 0.1) is 22.5 Å². The molecule has 0 bridgehead atoms. The number of fused-ring (bicyclic) bond motifs is 2. The number of aromatic hydroxyl groups is 2. The van der Waals surface area contributed by atoms with E-state index in [-0.39, 0.29) is 27.7 Å². The molecule has 1 atom stereocenters. The number of phenols is 2. The zero-order valence-corrected chi connectivity index (χ0v) is 80.7. The number of hydrogen-bond donors (Lipinski definition) is 3. The zero-order valence-electron chi connectivity index (χ0n) is 80.7. The first kappa shape index (κ1) is 96.3. The van der Waals surface area contributed by atoms with E-state index >= 15 is 35.9 Å². The molecule has 0 fully saturated rings. The summed E-state index contributed by atoms with van der Waals surface area (Å²) in [6.45, 7) is 12.5. The van der Waals surface area contributed by atoms with Gasteiger partial charge in [-0.3, -0.25) is 19.3 Å². The van der Waals surface area contributed by atoms with Crippen LogP contribution in [-0.2, 0) is 16.2 Å². The number of aliphatic hydroxyl groups is 1. The van der Waals surface area contributed by atoms with E-state index in [1.807, 2.05) is 269 Å². The summed E-state index contributed by atoms with van der Waals surface area (Å²) in [7, 11) is 0. The van der Waals surface area contributed by atoms with Gasteiger partial charge < -0.3 is 20.1 Å². The Kier molecular flexibility index (Phi) is 25.9. The predicted molar refractivity (Wildman–Crippen MR) is 572 cm³/mol. The van der Waals surface area contributed by atoms with Gasteiger partial charge in [0.1, 0.15) is 23.0 Å². The van der Waals surface area contributed by atoms with Crippen molar-refractivity contribution in [1.29, 1.82) is 0 Å². The van der Waals surface area contributed by atoms with Gasteiger partial charge in [0.2, 0.25) is 5.41 Å². The number of ether oxygens (including phenoxy) is 1. The number of alkyl halides is 6. The molecule has 0 saturated carbocycles. The third kappa shape index (κ3) is 18.9. The van der Waals surface area contributed by atoms with Crippen LogP contribution in [0.5, 0.6) is 23.0 Å². The van der Waals surface area contributed by atoms with Gasteiger partial charge in [-0.05, 0) is 322 Å². The first-order valence-corrected chi connectivity index (χ1v) is 48.1. The van der Waals surface area contributed by atoms with E-state index in [0.717, 1.165) is 100 Å². The molecule has 2 aliphatic rings. The molecule has 3 amide bonds. The van der Waals surface area contributed by atoms with Crippen LogP contribution in [0, 0.1) is 47.4 Å². The van der Waals surface area contributed by atoms with Gasteiger partial charge in [0.25, 0.3) is 17.7 Å². The highest BCUT2D eigenvalue weighted by Crippen LogP contribution is 2.60. The van der Waals surface area contributed by atoms with Gasteiger partial charge in [-0.1, -0.05) is 319 Å². The van der Waals surface area contributed by atoms with Crippen molar-refractivity contribution in [2.24, 2.45) is 0 Å². The molecule has 18 aromatic rings. The van der Waals surface area contributed by atoms with Gasteiger partial charge in [-0.2, -0.15) is 26.3 Å². The van der Waals surface area contributed by atoms with Crippen LogP contribution in [0.25, 0.3) is 100 Å². The molecule has 0 saturated heterocycles. The Labute approximate surface area is 849 Å². The number of anilines is 2. The number of benzene rings is 18. The number of amides is 3. The standard InChI is InChI=1S/C132H92F6N2O7/c1-7-129(5,6)101-67-75-107-112(79-101)127(146)140(125(107)144)115-81-103(69-77-117(115)142)130(131(133,134)135,132(136,137)138)102-68-76-116(141)114(80-102)139-124(143)106-74-66-100(78-111(106)126(139)145)109-82-108(92-54-46-88(47-55-92)42-38-84-26-14-8-15-27-84)118(122(94-34-22-12-23-35-94)119(109)96-58-50-90(51-59-96)44-40-86-30-18-10-19-31-86)97-62-70-104(71-63-97)147-105-72-64-98(65-73-105)120-110(93-56-48-89(49-57-93)43-39-85-28-16-9-17-29-85)83-113(128(2,3)4)121(123(120)95-36-24-13-25-37-95)99-60-52-91(53-61-99)45-41-87-32-20-11-21-33-87/h8-37,46-83,127,141-142,146H,7H2,1-6H3. The molecule has 0 radical (unpaired) electrons. The van der Waals surface area contributed by atoms with Gasteiger partial charge in [-0.25, -0.2) is 4.90 Å². The third-order valence-electron chi connectivity index (χ3n) is 27.4. The normalized spacial score (nSPS) is 12.9. The summed E-state index contributed by atoms with van der Waals surface area (Å²) in [4.78, 5) is 46.2. The van der Waals surface area contributed by atoms with Crippen LogP contribution in [-0.4, -0.2) is 45.4 Å². The number of aliphatic hydroxyl groups excluding tert-OH is 1. The Morgan fingerprint density at radius 3 is 0.993 bits per heavy atom. The molecular formula is C132H92F6N2O7. The lowest BCUT2D eigenvalue weighted by Gasteiger charge is -2.39. The zero-order chi connectivity index (χ0) is 102. The molecule has 18 aromatic carbocycles. The van der Waals surface area contributed by atoms with Crippen LogP contribution in [0.3, 0.4) is 0 Å². The molecule has 15 heteroatoms. The third-order valence-corrected chi connectivity index (χ3v) is 27.4. The predicted octanol–water partition coefficient (Wildman–Crippen LogP) is 31.3. The lowest BCUT2D eigenvalue weighted by Crippen LogP contribution is -2.55. The number of carbonyl (C=O) groups excluding carboxylic acids is 3. The van der Waals surface area contributed by atoms with E-state index < -0.39 is 81.1 Å². The molecule has 147 heavy (non-hydrogen) atoms. The van der Waals surface area contributed by atoms with Crippen LogP contribution in [0.15, 0.2) is 413 Å². The Hall–Kier alpha value is -18.3. The number of hydrogen-bond acceptors (Lipinski definition) is 7. The van der Waals surface area contributed by atoms with E-state index in [4.69, 9.17) is 4.74 Å². The molecule has 2 aliphatic heterocycles. The number of rotatable bonds is 17. The Balaban J connectivity index is 0.715. The van der Waals surface area contributed by atoms with E-state index in [9.17, 15) is 20.1 Å². The second-order valence-corrected chi connectivity index (χ2v) is 38.0. The summed E-state index contributed by atoms with van der Waals surface area (Å²) in [5.74, 6) is 22.2. The topological polar surface area (TPSA) is 128 Å². The van der Waals surface area contributed by atoms with Crippen LogP contribution in [0.1, 0.15) is 158 Å². The number of carbonyl (C=O) groups is 3. The minimum atomic E-state index is -6.35. The molecule has 2 heterocycles. The fourth-order valence-electron chi connectivity index (χ4n) is 19.4. The van der Waals surface area contributed by atoms with Crippen molar-refractivity contribution in [3.8, 4) is 171 Å². The van der Waals surface area contributed by atoms with E-state index in [0.29, 0.717) is 120 Å². The molecule has 0 aliphatic carbocycles. The summed E-state index contributed by atoms with van der Waals surface area (Å²) in [5.41, 5.74) is 11.0. The van der Waals surface area contributed by atoms with Gasteiger partial charge >= 0.3 is 12.4 Å². The summed E-state index contributed by atoms with van der Waals surface area (Å²) >= 11 is 0. The highest BCUT2D eigenvalue weighted by atomic mass is 19.4. The summed E-state index contributed by atoms with van der Waals surface area (Å²) in [5, 5.41) is 35.2. The first-order chi connectivity index (χ1) is 71.0. The summed E-state index contributed by atoms with van der Waals surface area (Å²) in [6, 6.07) is 123. The maximum Gasteiger partial charge on any atom is 0.411 e. The molecular weight excluding hydrogens is 1840 g/mol. The SMILES string of the molecule is CCC(C)(C)c1ccc2c(c1)C(O)N(c1cc(C(c3ccc(O)c(N4C(=O)c5ccc(-c6cc(-c7ccc(C#Cc8ccccc8)cc7)c(-c7ccc(Oc8ccc(-c9c(-c%10ccc(C#Cc%11ccccc%11)cc%10)cc(C(C)(C)C)c(-c%10ccc(C#Cc%11ccccc%11)cc%10)c9-c9ccccc9)cc8)cc7)c(-c7ccccc7)c6-c6ccc(C#Cc7ccccc7)cc6)cc5C4=O)c3)(C(F)(F)F)C(F)(F)F)ccc1O)C2=O. The maximum absolute atomic E-state index is 16.6. The van der Waals surface area contributed by atoms with Crippen molar-refractivity contribution >= 4 is 29.1 Å². The highest BCUT2D eigenvalue weighted by Gasteiger charge is 2.73. The largest absolute Gasteiger partial charge is 0.506 e. The number of phenolic OH excluding ortho intramolecular Hbond substituents is 2. The monoisotopic (exact) mass is 1930 g/mol. The van der Waals surface area contributed by atoms with Gasteiger partial charge in [-0.15, -0.1) is 0 Å². The molecule has 0 aromatic heterocycles. The Bertz CT molecular complexity index is 8420. The number of halogens is 6. The van der Waals surface area contributed by atoms with Crippen molar-refractivity contribution < 1.29 is 60.8 Å². The van der Waals surface area contributed by atoms with Crippen LogP contribution < -0.4 is 14.5 Å². The molecule has 714 valence electrons. The van der Waals surface area contributed by atoms with Crippen LogP contribution >= 0.6 is 0 Å². The highest BCUT2D eigenvalue weighted by molar-refractivity contribution is 6.35. The van der Waals surface area contributed by atoms with Crippen molar-refractivity contribution in [2.75, 3.05) is 9.80 Å². The fraction of sp³-hybridized carbons (Fsp3) is 0.0985. The maximum atomic E-state index is 16.6. The second-order valence-electron chi connectivity index (χ2n) is 38.0.